The summed E-state index contributed by atoms with van der Waals surface area (Å²) in [5, 5.41) is 7.67. The van der Waals surface area contributed by atoms with Crippen LogP contribution in [0.1, 0.15) is 22.7 Å². The molecule has 0 fully saturated rings. The van der Waals surface area contributed by atoms with Crippen molar-refractivity contribution in [2.75, 3.05) is 4.90 Å². The molecule has 6 nitrogen and oxygen atoms in total. The van der Waals surface area contributed by atoms with Crippen molar-refractivity contribution in [2.45, 2.75) is 12.6 Å². The van der Waals surface area contributed by atoms with Crippen LogP contribution in [0.2, 0.25) is 0 Å². The van der Waals surface area contributed by atoms with Crippen molar-refractivity contribution in [3.8, 4) is 11.5 Å². The van der Waals surface area contributed by atoms with Gasteiger partial charge in [0.1, 0.15) is 23.4 Å². The first-order valence-electron chi connectivity index (χ1n) is 10.9. The third kappa shape index (κ3) is 5.42. The maximum absolute atomic E-state index is 12.8. The number of para-hydroxylation sites is 1. The average Bonchev–Trinajstić information content (AvgIpc) is 2.85. The van der Waals surface area contributed by atoms with Crippen LogP contribution in [0.5, 0.6) is 11.5 Å². The number of nitrogens with two attached hydrogens (primary N) is 2. The topological polar surface area (TPSA) is 105 Å². The summed E-state index contributed by atoms with van der Waals surface area (Å²) < 4.78 is 5.99. The van der Waals surface area contributed by atoms with Crippen LogP contribution in [0.3, 0.4) is 0 Å². The number of benzene rings is 4. The molecule has 0 radical (unpaired) electrons. The van der Waals surface area contributed by atoms with Crippen LogP contribution in [0, 0.1) is 5.41 Å². The van der Waals surface area contributed by atoms with Gasteiger partial charge in [0.2, 0.25) is 5.91 Å². The van der Waals surface area contributed by atoms with E-state index < -0.39 is 11.9 Å². The van der Waals surface area contributed by atoms with Gasteiger partial charge in [0.15, 0.2) is 0 Å². The van der Waals surface area contributed by atoms with Crippen molar-refractivity contribution in [3.05, 3.63) is 126 Å². The Bertz CT molecular complexity index is 1260. The van der Waals surface area contributed by atoms with Gasteiger partial charge in [-0.1, -0.05) is 60.7 Å². The molecule has 0 saturated heterocycles. The number of ether oxygens (including phenoxy) is 1. The number of hydrogen-bond acceptors (Lipinski definition) is 4. The number of rotatable bonds is 9. The second-order valence-electron chi connectivity index (χ2n) is 7.87. The van der Waals surface area contributed by atoms with Gasteiger partial charge in [0.05, 0.1) is 0 Å². The average molecular weight is 451 g/mol. The summed E-state index contributed by atoms with van der Waals surface area (Å²) in [4.78, 5) is 14.8. The molecule has 4 aromatic carbocycles. The highest BCUT2D eigenvalue weighted by atomic mass is 16.5. The summed E-state index contributed by atoms with van der Waals surface area (Å²) in [5.74, 6) is 0.819. The number of hydrogen-bond donors (Lipinski definition) is 3. The Hall–Kier alpha value is -4.58. The molecular formula is C28H26N4O2. The van der Waals surface area contributed by atoms with Gasteiger partial charge in [-0.05, 0) is 59.7 Å². The molecule has 1 unspecified atom stereocenters. The highest BCUT2D eigenvalue weighted by Gasteiger charge is 2.27. The van der Waals surface area contributed by atoms with Gasteiger partial charge in [0.25, 0.3) is 0 Å². The number of amides is 1. The molecule has 0 aromatic heterocycles. The number of nitrogens with zero attached hydrogens (tertiary/aromatic N) is 1. The summed E-state index contributed by atoms with van der Waals surface area (Å²) in [6, 6.07) is 33.2. The lowest BCUT2D eigenvalue weighted by Crippen LogP contribution is -2.37. The number of carbonyl (C=O) groups is 1. The van der Waals surface area contributed by atoms with Gasteiger partial charge < -0.3 is 21.1 Å². The van der Waals surface area contributed by atoms with E-state index in [0.717, 1.165) is 11.3 Å². The van der Waals surface area contributed by atoms with E-state index in [1.165, 1.54) is 0 Å². The Kier molecular flexibility index (Phi) is 6.89. The predicted molar refractivity (Wildman–Crippen MR) is 135 cm³/mol. The van der Waals surface area contributed by atoms with Gasteiger partial charge in [-0.3, -0.25) is 10.2 Å². The lowest BCUT2D eigenvalue weighted by Gasteiger charge is -2.32. The Morgan fingerprint density at radius 1 is 0.794 bits per heavy atom. The largest absolute Gasteiger partial charge is 0.457 e. The Morgan fingerprint density at radius 3 is 2.03 bits per heavy atom. The zero-order valence-electron chi connectivity index (χ0n) is 18.6. The minimum Gasteiger partial charge on any atom is -0.457 e. The van der Waals surface area contributed by atoms with Crippen LogP contribution in [0.15, 0.2) is 109 Å². The van der Waals surface area contributed by atoms with E-state index in [9.17, 15) is 4.79 Å². The van der Waals surface area contributed by atoms with Crippen LogP contribution in [0.25, 0.3) is 0 Å². The smallest absolute Gasteiger partial charge is 0.244 e. The van der Waals surface area contributed by atoms with Crippen molar-refractivity contribution < 1.29 is 9.53 Å². The van der Waals surface area contributed by atoms with E-state index >= 15 is 0 Å². The second kappa shape index (κ2) is 10.4. The molecule has 0 heterocycles. The molecule has 0 bridgehead atoms. The molecule has 0 aliphatic heterocycles. The third-order valence-electron chi connectivity index (χ3n) is 5.44. The van der Waals surface area contributed by atoms with Crippen molar-refractivity contribution >= 4 is 17.4 Å². The number of amidine groups is 1. The van der Waals surface area contributed by atoms with Crippen molar-refractivity contribution in [1.29, 1.82) is 5.41 Å². The first-order valence-corrected chi connectivity index (χ1v) is 10.9. The molecule has 1 amide bonds. The number of nitrogen functional groups attached to an aromatic ring is 1. The lowest BCUT2D eigenvalue weighted by molar-refractivity contribution is -0.119. The minimum atomic E-state index is -0.747. The van der Waals surface area contributed by atoms with E-state index in [2.05, 4.69) is 0 Å². The molecule has 0 aliphatic rings. The monoisotopic (exact) mass is 450 g/mol. The maximum atomic E-state index is 12.8. The van der Waals surface area contributed by atoms with Crippen LogP contribution >= 0.6 is 0 Å². The Balaban J connectivity index is 1.73. The van der Waals surface area contributed by atoms with Crippen molar-refractivity contribution in [1.82, 2.24) is 0 Å². The number of nitrogens with one attached hydrogen (secondary N) is 1. The number of anilines is 1. The fourth-order valence-electron chi connectivity index (χ4n) is 3.81. The minimum absolute atomic E-state index is 0.0154. The van der Waals surface area contributed by atoms with Crippen LogP contribution in [-0.2, 0) is 11.3 Å². The first kappa shape index (κ1) is 22.6. The maximum Gasteiger partial charge on any atom is 0.244 e. The molecule has 6 heteroatoms. The SMILES string of the molecule is N=C(N)c1ccc(N(Cc2ccccc2)C(C(N)=O)c2cccc(Oc3ccccc3)c2)cc1. The normalized spacial score (nSPS) is 11.4. The van der Waals surface area contributed by atoms with Crippen molar-refractivity contribution in [3.63, 3.8) is 0 Å². The number of carbonyl (C=O) groups excluding carboxylic acids is 1. The van der Waals surface area contributed by atoms with Crippen molar-refractivity contribution in [2.24, 2.45) is 11.5 Å². The zero-order valence-corrected chi connectivity index (χ0v) is 18.6. The van der Waals surface area contributed by atoms with Gasteiger partial charge in [-0.15, -0.1) is 0 Å². The summed E-state index contributed by atoms with van der Waals surface area (Å²) in [7, 11) is 0. The molecule has 34 heavy (non-hydrogen) atoms. The second-order valence-corrected chi connectivity index (χ2v) is 7.87. The summed E-state index contributed by atoms with van der Waals surface area (Å²) >= 11 is 0. The Morgan fingerprint density at radius 2 is 1.41 bits per heavy atom. The molecule has 4 aromatic rings. The highest BCUT2D eigenvalue weighted by Crippen LogP contribution is 2.32. The molecule has 4 rings (SSSR count). The summed E-state index contributed by atoms with van der Waals surface area (Å²) in [6.07, 6.45) is 0. The summed E-state index contributed by atoms with van der Waals surface area (Å²) in [6.45, 7) is 0.456. The van der Waals surface area contributed by atoms with Crippen LogP contribution < -0.4 is 21.1 Å². The van der Waals surface area contributed by atoms with E-state index in [0.29, 0.717) is 29.2 Å². The first-order chi connectivity index (χ1) is 16.5. The Labute approximate surface area is 198 Å². The van der Waals surface area contributed by atoms with Gasteiger partial charge in [-0.2, -0.15) is 0 Å². The van der Waals surface area contributed by atoms with E-state index in [1.54, 1.807) is 12.1 Å². The quantitative estimate of drug-likeness (QED) is 0.247. The van der Waals surface area contributed by atoms with Gasteiger partial charge in [-0.25, -0.2) is 0 Å². The van der Waals surface area contributed by atoms with Gasteiger partial charge >= 0.3 is 0 Å². The third-order valence-corrected chi connectivity index (χ3v) is 5.44. The van der Waals surface area contributed by atoms with E-state index in [1.807, 2.05) is 102 Å². The molecule has 0 saturated carbocycles. The van der Waals surface area contributed by atoms with Crippen LogP contribution in [0.4, 0.5) is 5.69 Å². The molecule has 5 N–H and O–H groups in total. The standard InChI is InChI=1S/C28H26N4O2/c29-27(30)21-14-16-23(17-15-21)32(19-20-8-3-1-4-9-20)26(28(31)33)22-10-7-13-25(18-22)34-24-11-5-2-6-12-24/h1-18,26H,19H2,(H3,29,30)(H2,31,33). The van der Waals surface area contributed by atoms with Crippen LogP contribution in [-0.4, -0.2) is 11.7 Å². The number of primary amides is 1. The van der Waals surface area contributed by atoms with E-state index in [4.69, 9.17) is 21.6 Å². The fourth-order valence-corrected chi connectivity index (χ4v) is 3.81. The predicted octanol–water partition coefficient (Wildman–Crippen LogP) is 5.00. The van der Waals surface area contributed by atoms with E-state index in [-0.39, 0.29) is 5.84 Å². The highest BCUT2D eigenvalue weighted by molar-refractivity contribution is 5.95. The fraction of sp³-hybridized carbons (Fsp3) is 0.0714. The molecular weight excluding hydrogens is 424 g/mol. The molecule has 1 atom stereocenters. The molecule has 0 spiro atoms. The molecule has 0 aliphatic carbocycles. The zero-order chi connectivity index (χ0) is 23.9. The lowest BCUT2D eigenvalue weighted by atomic mass is 10.0. The molecule has 170 valence electrons. The summed E-state index contributed by atoms with van der Waals surface area (Å²) in [5.41, 5.74) is 14.7. The van der Waals surface area contributed by atoms with Gasteiger partial charge in [0, 0.05) is 17.8 Å².